The van der Waals surface area contributed by atoms with E-state index >= 15 is 0 Å². The highest BCUT2D eigenvalue weighted by Gasteiger charge is 2.20. The number of rotatable bonds is 6. The van der Waals surface area contributed by atoms with E-state index in [1.54, 1.807) is 14.2 Å². The van der Waals surface area contributed by atoms with Gasteiger partial charge in [0.15, 0.2) is 0 Å². The molecule has 0 aromatic heterocycles. The molecule has 1 fully saturated rings. The van der Waals surface area contributed by atoms with Crippen molar-refractivity contribution in [1.82, 2.24) is 4.90 Å². The first kappa shape index (κ1) is 16.7. The van der Waals surface area contributed by atoms with Gasteiger partial charge < -0.3 is 14.8 Å². The predicted molar refractivity (Wildman–Crippen MR) is 97.9 cm³/mol. The van der Waals surface area contributed by atoms with Crippen LogP contribution >= 0.6 is 0 Å². The van der Waals surface area contributed by atoms with Gasteiger partial charge in [-0.15, -0.1) is 0 Å². The van der Waals surface area contributed by atoms with Gasteiger partial charge in [0.25, 0.3) is 0 Å². The van der Waals surface area contributed by atoms with E-state index < -0.39 is 0 Å². The number of nitrogens with zero attached hydrogens (tertiary/aromatic N) is 1. The number of para-hydroxylation sites is 1. The average molecular weight is 326 g/mol. The van der Waals surface area contributed by atoms with Crippen LogP contribution in [0.25, 0.3) is 0 Å². The third-order valence-electron chi connectivity index (χ3n) is 4.47. The standard InChI is InChI=1S/C20H26N2O2/c1-23-19-11-16(12-20(13-19)24-2)14-22-10-6-9-18(15-22)21-17-7-4-3-5-8-17/h3-5,7-8,11-13,18,21H,6,9-10,14-15H2,1-2H3/t18-/m1/s1. The van der Waals surface area contributed by atoms with Gasteiger partial charge in [-0.1, -0.05) is 18.2 Å². The second-order valence-corrected chi connectivity index (χ2v) is 6.31. The first-order chi connectivity index (χ1) is 11.8. The van der Waals surface area contributed by atoms with Crippen LogP contribution < -0.4 is 14.8 Å². The quantitative estimate of drug-likeness (QED) is 0.876. The maximum Gasteiger partial charge on any atom is 0.122 e. The first-order valence-corrected chi connectivity index (χ1v) is 8.52. The molecule has 0 bridgehead atoms. The molecule has 0 radical (unpaired) electrons. The molecule has 1 aliphatic heterocycles. The summed E-state index contributed by atoms with van der Waals surface area (Å²) in [7, 11) is 3.39. The van der Waals surface area contributed by atoms with E-state index in [0.717, 1.165) is 31.1 Å². The van der Waals surface area contributed by atoms with Crippen LogP contribution in [0.4, 0.5) is 5.69 Å². The second-order valence-electron chi connectivity index (χ2n) is 6.31. The van der Waals surface area contributed by atoms with Crippen molar-refractivity contribution in [2.45, 2.75) is 25.4 Å². The number of anilines is 1. The van der Waals surface area contributed by atoms with Gasteiger partial charge in [0.2, 0.25) is 0 Å². The van der Waals surface area contributed by atoms with E-state index in [-0.39, 0.29) is 0 Å². The summed E-state index contributed by atoms with van der Waals surface area (Å²) < 4.78 is 10.8. The van der Waals surface area contributed by atoms with Crippen molar-refractivity contribution in [1.29, 1.82) is 0 Å². The van der Waals surface area contributed by atoms with Crippen LogP contribution in [-0.4, -0.2) is 38.3 Å². The van der Waals surface area contributed by atoms with Crippen molar-refractivity contribution >= 4 is 5.69 Å². The second kappa shape index (κ2) is 8.06. The van der Waals surface area contributed by atoms with Gasteiger partial charge in [-0.3, -0.25) is 4.90 Å². The molecule has 0 aliphatic carbocycles. The van der Waals surface area contributed by atoms with Crippen molar-refractivity contribution in [3.05, 3.63) is 54.1 Å². The molecule has 1 N–H and O–H groups in total. The van der Waals surface area contributed by atoms with E-state index in [2.05, 4.69) is 52.7 Å². The monoisotopic (exact) mass is 326 g/mol. The largest absolute Gasteiger partial charge is 0.497 e. The Morgan fingerprint density at radius 1 is 1.04 bits per heavy atom. The summed E-state index contributed by atoms with van der Waals surface area (Å²) in [5, 5.41) is 3.65. The molecule has 2 aromatic carbocycles. The van der Waals surface area contributed by atoms with Crippen LogP contribution in [0.2, 0.25) is 0 Å². The van der Waals surface area contributed by atoms with E-state index in [1.807, 2.05) is 6.07 Å². The van der Waals surface area contributed by atoms with Crippen molar-refractivity contribution in [3.63, 3.8) is 0 Å². The smallest absolute Gasteiger partial charge is 0.122 e. The molecule has 0 amide bonds. The molecule has 1 heterocycles. The van der Waals surface area contributed by atoms with Crippen molar-refractivity contribution in [2.75, 3.05) is 32.6 Å². The Kier molecular flexibility index (Phi) is 5.59. The molecule has 4 heteroatoms. The Morgan fingerprint density at radius 2 is 1.75 bits per heavy atom. The summed E-state index contributed by atoms with van der Waals surface area (Å²) in [6, 6.07) is 17.1. The molecule has 1 atom stereocenters. The third-order valence-corrected chi connectivity index (χ3v) is 4.47. The lowest BCUT2D eigenvalue weighted by atomic mass is 10.0. The minimum Gasteiger partial charge on any atom is -0.497 e. The van der Waals surface area contributed by atoms with Crippen LogP contribution in [-0.2, 0) is 6.54 Å². The van der Waals surface area contributed by atoms with Gasteiger partial charge in [0, 0.05) is 30.9 Å². The Hall–Kier alpha value is -2.20. The molecule has 3 rings (SSSR count). The number of ether oxygens (including phenoxy) is 2. The Morgan fingerprint density at radius 3 is 2.42 bits per heavy atom. The normalized spacial score (nSPS) is 18.2. The third kappa shape index (κ3) is 4.42. The van der Waals surface area contributed by atoms with Crippen LogP contribution in [0.15, 0.2) is 48.5 Å². The van der Waals surface area contributed by atoms with E-state index in [0.29, 0.717) is 6.04 Å². The molecule has 4 nitrogen and oxygen atoms in total. The molecule has 0 saturated carbocycles. The molecule has 1 saturated heterocycles. The Balaban J connectivity index is 1.63. The molecule has 24 heavy (non-hydrogen) atoms. The van der Waals surface area contributed by atoms with Gasteiger partial charge in [0.05, 0.1) is 14.2 Å². The molecule has 128 valence electrons. The number of benzene rings is 2. The summed E-state index contributed by atoms with van der Waals surface area (Å²) in [5.74, 6) is 1.70. The van der Waals surface area contributed by atoms with Gasteiger partial charge in [-0.05, 0) is 49.2 Å². The first-order valence-electron chi connectivity index (χ1n) is 8.52. The van der Waals surface area contributed by atoms with E-state index in [4.69, 9.17) is 9.47 Å². The number of hydrogen-bond donors (Lipinski definition) is 1. The summed E-state index contributed by atoms with van der Waals surface area (Å²) >= 11 is 0. The van der Waals surface area contributed by atoms with Crippen molar-refractivity contribution in [3.8, 4) is 11.5 Å². The molecule has 1 aliphatic rings. The molecular formula is C20H26N2O2. The number of hydrogen-bond acceptors (Lipinski definition) is 4. The van der Waals surface area contributed by atoms with Crippen LogP contribution in [0, 0.1) is 0 Å². The van der Waals surface area contributed by atoms with Crippen LogP contribution in [0.1, 0.15) is 18.4 Å². The lowest BCUT2D eigenvalue weighted by Crippen LogP contribution is -2.41. The van der Waals surface area contributed by atoms with E-state index in [9.17, 15) is 0 Å². The van der Waals surface area contributed by atoms with Crippen LogP contribution in [0.5, 0.6) is 11.5 Å². The summed E-state index contributed by atoms with van der Waals surface area (Å²) in [6.07, 6.45) is 2.43. The minimum absolute atomic E-state index is 0.494. The fourth-order valence-corrected chi connectivity index (χ4v) is 3.30. The molecule has 0 unspecified atom stereocenters. The molecular weight excluding hydrogens is 300 g/mol. The lowest BCUT2D eigenvalue weighted by Gasteiger charge is -2.33. The number of piperidine rings is 1. The molecule has 0 spiro atoms. The van der Waals surface area contributed by atoms with Gasteiger partial charge in [0.1, 0.15) is 11.5 Å². The van der Waals surface area contributed by atoms with Gasteiger partial charge in [-0.2, -0.15) is 0 Å². The maximum atomic E-state index is 5.38. The maximum absolute atomic E-state index is 5.38. The minimum atomic E-state index is 0.494. The van der Waals surface area contributed by atoms with Gasteiger partial charge >= 0.3 is 0 Å². The zero-order chi connectivity index (χ0) is 16.8. The predicted octanol–water partition coefficient (Wildman–Crippen LogP) is 3.78. The lowest BCUT2D eigenvalue weighted by molar-refractivity contribution is 0.208. The Labute approximate surface area is 144 Å². The summed E-state index contributed by atoms with van der Waals surface area (Å²) in [6.45, 7) is 3.10. The molecule has 2 aromatic rings. The Bertz CT molecular complexity index is 623. The number of methoxy groups -OCH3 is 2. The fraction of sp³-hybridized carbons (Fsp3) is 0.400. The van der Waals surface area contributed by atoms with Crippen molar-refractivity contribution in [2.24, 2.45) is 0 Å². The van der Waals surface area contributed by atoms with Gasteiger partial charge in [-0.25, -0.2) is 0 Å². The SMILES string of the molecule is COc1cc(CN2CCC[C@@H](Nc3ccccc3)C2)cc(OC)c1. The zero-order valence-corrected chi connectivity index (χ0v) is 14.5. The van der Waals surface area contributed by atoms with E-state index in [1.165, 1.54) is 24.1 Å². The summed E-state index contributed by atoms with van der Waals surface area (Å²) in [5.41, 5.74) is 2.43. The highest BCUT2D eigenvalue weighted by atomic mass is 16.5. The van der Waals surface area contributed by atoms with Crippen LogP contribution in [0.3, 0.4) is 0 Å². The van der Waals surface area contributed by atoms with Crippen molar-refractivity contribution < 1.29 is 9.47 Å². The average Bonchev–Trinajstić information content (AvgIpc) is 2.62. The zero-order valence-electron chi connectivity index (χ0n) is 14.5. The topological polar surface area (TPSA) is 33.7 Å². The number of likely N-dealkylation sites (tertiary alicyclic amines) is 1. The fourth-order valence-electron chi connectivity index (χ4n) is 3.30. The summed E-state index contributed by atoms with van der Waals surface area (Å²) in [4.78, 5) is 2.50. The highest BCUT2D eigenvalue weighted by Crippen LogP contribution is 2.25. The highest BCUT2D eigenvalue weighted by molar-refractivity contribution is 5.43. The number of nitrogens with one attached hydrogen (secondary N) is 1.